The van der Waals surface area contributed by atoms with Gasteiger partial charge in [0, 0.05) is 29.6 Å². The average molecular weight is 219 g/mol. The summed E-state index contributed by atoms with van der Waals surface area (Å²) in [6.45, 7) is 0.284. The topological polar surface area (TPSA) is 43.8 Å². The van der Waals surface area contributed by atoms with Crippen LogP contribution in [-0.4, -0.2) is 16.5 Å². The van der Waals surface area contributed by atoms with Crippen molar-refractivity contribution in [2.75, 3.05) is 12.4 Å². The van der Waals surface area contributed by atoms with Crippen molar-refractivity contribution >= 4 is 5.69 Å². The summed E-state index contributed by atoms with van der Waals surface area (Å²) in [5.41, 5.74) is 8.53. The van der Waals surface area contributed by atoms with Crippen molar-refractivity contribution < 1.29 is 4.39 Å². The van der Waals surface area contributed by atoms with Gasteiger partial charge in [-0.25, -0.2) is 0 Å². The molecule has 4 heteroatoms. The van der Waals surface area contributed by atoms with E-state index in [1.807, 2.05) is 30.5 Å². The van der Waals surface area contributed by atoms with Crippen molar-refractivity contribution in [3.8, 4) is 11.1 Å². The number of alkyl halides is 1. The summed E-state index contributed by atoms with van der Waals surface area (Å²) in [6, 6.07) is 7.64. The minimum absolute atomic E-state index is 0.317. The summed E-state index contributed by atoms with van der Waals surface area (Å²) in [7, 11) is 0. The number of aryl methyl sites for hydroxylation is 1. The lowest BCUT2D eigenvalue weighted by Gasteiger charge is -2.01. The van der Waals surface area contributed by atoms with Gasteiger partial charge < -0.3 is 5.73 Å². The van der Waals surface area contributed by atoms with Crippen LogP contribution in [0.3, 0.4) is 0 Å². The standard InChI is InChI=1S/C12H14FN3/c13-6-3-7-16-9-10(8-15-16)11-4-1-2-5-12(11)14/h1-2,4-5,8-9H,3,6-7,14H2. The van der Waals surface area contributed by atoms with Gasteiger partial charge in [-0.3, -0.25) is 9.07 Å². The fraction of sp³-hybridized carbons (Fsp3) is 0.250. The normalized spacial score (nSPS) is 10.6. The molecule has 2 aromatic rings. The molecular formula is C12H14FN3. The molecule has 84 valence electrons. The van der Waals surface area contributed by atoms with Crippen LogP contribution in [-0.2, 0) is 6.54 Å². The Hall–Kier alpha value is -1.84. The summed E-state index contributed by atoms with van der Waals surface area (Å²) in [5.74, 6) is 0. The second kappa shape index (κ2) is 4.79. The maximum absolute atomic E-state index is 12.0. The van der Waals surface area contributed by atoms with E-state index in [4.69, 9.17) is 5.73 Å². The van der Waals surface area contributed by atoms with Crippen LogP contribution in [0.5, 0.6) is 0 Å². The third-order valence-corrected chi connectivity index (χ3v) is 2.43. The highest BCUT2D eigenvalue weighted by Crippen LogP contribution is 2.24. The van der Waals surface area contributed by atoms with Crippen molar-refractivity contribution in [2.45, 2.75) is 13.0 Å². The molecule has 0 aliphatic carbocycles. The molecule has 0 unspecified atom stereocenters. The molecule has 1 aromatic heterocycles. The van der Waals surface area contributed by atoms with E-state index in [0.29, 0.717) is 13.0 Å². The molecular weight excluding hydrogens is 205 g/mol. The van der Waals surface area contributed by atoms with E-state index >= 15 is 0 Å². The molecule has 0 amide bonds. The van der Waals surface area contributed by atoms with E-state index < -0.39 is 0 Å². The van der Waals surface area contributed by atoms with E-state index in [2.05, 4.69) is 5.10 Å². The van der Waals surface area contributed by atoms with Gasteiger partial charge in [0.05, 0.1) is 12.9 Å². The molecule has 3 nitrogen and oxygen atoms in total. The Kier molecular flexibility index (Phi) is 3.19. The van der Waals surface area contributed by atoms with Gasteiger partial charge in [0.1, 0.15) is 0 Å². The molecule has 0 saturated heterocycles. The third-order valence-electron chi connectivity index (χ3n) is 2.43. The molecule has 0 aliphatic rings. The predicted molar refractivity (Wildman–Crippen MR) is 62.7 cm³/mol. The van der Waals surface area contributed by atoms with Crippen LogP contribution in [0.4, 0.5) is 10.1 Å². The zero-order valence-electron chi connectivity index (χ0n) is 8.94. The van der Waals surface area contributed by atoms with Crippen molar-refractivity contribution in [3.63, 3.8) is 0 Å². The van der Waals surface area contributed by atoms with Crippen LogP contribution in [0.1, 0.15) is 6.42 Å². The van der Waals surface area contributed by atoms with Crippen molar-refractivity contribution in [3.05, 3.63) is 36.7 Å². The minimum Gasteiger partial charge on any atom is -0.398 e. The summed E-state index contributed by atoms with van der Waals surface area (Å²) in [6.07, 6.45) is 4.14. The lowest BCUT2D eigenvalue weighted by Crippen LogP contribution is -1.98. The van der Waals surface area contributed by atoms with Gasteiger partial charge in [-0.15, -0.1) is 0 Å². The smallest absolute Gasteiger partial charge is 0.0912 e. The number of rotatable bonds is 4. The molecule has 0 fully saturated rings. The number of nitrogens with zero attached hydrogens (tertiary/aromatic N) is 2. The molecule has 0 atom stereocenters. The zero-order chi connectivity index (χ0) is 11.4. The van der Waals surface area contributed by atoms with Crippen molar-refractivity contribution in [1.82, 2.24) is 9.78 Å². The van der Waals surface area contributed by atoms with E-state index in [0.717, 1.165) is 16.8 Å². The zero-order valence-corrected chi connectivity index (χ0v) is 8.94. The molecule has 16 heavy (non-hydrogen) atoms. The highest BCUT2D eigenvalue weighted by Gasteiger charge is 2.04. The Labute approximate surface area is 93.7 Å². The van der Waals surface area contributed by atoms with Gasteiger partial charge in [0.25, 0.3) is 0 Å². The molecule has 0 spiro atoms. The Morgan fingerprint density at radius 3 is 2.88 bits per heavy atom. The first kappa shape index (κ1) is 10.7. The Balaban J connectivity index is 2.22. The van der Waals surface area contributed by atoms with Gasteiger partial charge in [-0.2, -0.15) is 5.10 Å². The lowest BCUT2D eigenvalue weighted by molar-refractivity contribution is 0.435. The maximum atomic E-state index is 12.0. The lowest BCUT2D eigenvalue weighted by atomic mass is 10.1. The number of nitrogens with two attached hydrogens (primary N) is 1. The average Bonchev–Trinajstić information content (AvgIpc) is 2.75. The fourth-order valence-electron chi connectivity index (χ4n) is 1.61. The molecule has 0 saturated carbocycles. The van der Waals surface area contributed by atoms with Gasteiger partial charge >= 0.3 is 0 Å². The molecule has 1 aromatic carbocycles. The van der Waals surface area contributed by atoms with E-state index in [-0.39, 0.29) is 6.67 Å². The highest BCUT2D eigenvalue weighted by molar-refractivity contribution is 5.75. The predicted octanol–water partition coefficient (Wildman–Crippen LogP) is 2.49. The first-order valence-corrected chi connectivity index (χ1v) is 5.24. The summed E-state index contributed by atoms with van der Waals surface area (Å²) in [4.78, 5) is 0. The van der Waals surface area contributed by atoms with Gasteiger partial charge in [-0.1, -0.05) is 18.2 Å². The highest BCUT2D eigenvalue weighted by atomic mass is 19.1. The van der Waals surface area contributed by atoms with Gasteiger partial charge in [0.15, 0.2) is 0 Å². The van der Waals surface area contributed by atoms with Crippen LogP contribution in [0.15, 0.2) is 36.7 Å². The molecule has 2 N–H and O–H groups in total. The van der Waals surface area contributed by atoms with Crippen LogP contribution < -0.4 is 5.73 Å². The van der Waals surface area contributed by atoms with Crippen molar-refractivity contribution in [1.29, 1.82) is 0 Å². The van der Waals surface area contributed by atoms with Crippen LogP contribution in [0.25, 0.3) is 11.1 Å². The number of aromatic nitrogens is 2. The van der Waals surface area contributed by atoms with Gasteiger partial charge in [0.2, 0.25) is 0 Å². The molecule has 0 radical (unpaired) electrons. The van der Waals surface area contributed by atoms with Crippen LogP contribution in [0.2, 0.25) is 0 Å². The summed E-state index contributed by atoms with van der Waals surface area (Å²) in [5, 5.41) is 4.17. The Morgan fingerprint density at radius 2 is 2.12 bits per heavy atom. The second-order valence-corrected chi connectivity index (χ2v) is 3.62. The number of hydrogen-bond donors (Lipinski definition) is 1. The molecule has 1 heterocycles. The van der Waals surface area contributed by atoms with Crippen molar-refractivity contribution in [2.24, 2.45) is 0 Å². The van der Waals surface area contributed by atoms with E-state index in [9.17, 15) is 4.39 Å². The number of nitrogen functional groups attached to an aromatic ring is 1. The number of anilines is 1. The summed E-state index contributed by atoms with van der Waals surface area (Å²) < 4.78 is 13.7. The monoisotopic (exact) mass is 219 g/mol. The van der Waals surface area contributed by atoms with E-state index in [1.54, 1.807) is 10.9 Å². The number of hydrogen-bond acceptors (Lipinski definition) is 2. The van der Waals surface area contributed by atoms with Gasteiger partial charge in [-0.05, 0) is 12.5 Å². The number of benzene rings is 1. The van der Waals surface area contributed by atoms with Crippen LogP contribution >= 0.6 is 0 Å². The van der Waals surface area contributed by atoms with Crippen LogP contribution in [0, 0.1) is 0 Å². The quantitative estimate of drug-likeness (QED) is 0.803. The second-order valence-electron chi connectivity index (χ2n) is 3.62. The first-order chi connectivity index (χ1) is 7.81. The SMILES string of the molecule is Nc1ccccc1-c1cnn(CCCF)c1. The third kappa shape index (κ3) is 2.21. The number of halogens is 1. The molecule has 2 rings (SSSR count). The Bertz CT molecular complexity index is 465. The van der Waals surface area contributed by atoms with E-state index in [1.165, 1.54) is 0 Å². The summed E-state index contributed by atoms with van der Waals surface area (Å²) >= 11 is 0. The fourth-order valence-corrected chi connectivity index (χ4v) is 1.61. The molecule has 0 bridgehead atoms. The number of para-hydroxylation sites is 1. The molecule has 0 aliphatic heterocycles. The largest absolute Gasteiger partial charge is 0.398 e. The maximum Gasteiger partial charge on any atom is 0.0912 e. The first-order valence-electron chi connectivity index (χ1n) is 5.24. The Morgan fingerprint density at radius 1 is 1.31 bits per heavy atom. The minimum atomic E-state index is -0.317.